The van der Waals surface area contributed by atoms with Crippen LogP contribution in [0.25, 0.3) is 0 Å². The second-order valence-corrected chi connectivity index (χ2v) is 4.53. The summed E-state index contributed by atoms with van der Waals surface area (Å²) in [6, 6.07) is 14.6. The average molecular weight is 259 g/mol. The van der Waals surface area contributed by atoms with Crippen molar-refractivity contribution in [2.75, 3.05) is 19.0 Å². The Hall–Kier alpha value is -2.03. The molecule has 0 saturated heterocycles. The fourth-order valence-electron chi connectivity index (χ4n) is 1.96. The van der Waals surface area contributed by atoms with Crippen molar-refractivity contribution in [1.29, 1.82) is 0 Å². The summed E-state index contributed by atoms with van der Waals surface area (Å²) in [6.07, 6.45) is 0. The molecule has 2 nitrogen and oxygen atoms in total. The molecule has 2 aromatic rings. The minimum Gasteiger partial charge on any atom is -0.497 e. The quantitative estimate of drug-likeness (QED) is 0.874. The van der Waals surface area contributed by atoms with Crippen molar-refractivity contribution in [3.05, 3.63) is 59.9 Å². The summed E-state index contributed by atoms with van der Waals surface area (Å²) >= 11 is 0. The highest BCUT2D eigenvalue weighted by Gasteiger charge is 2.09. The van der Waals surface area contributed by atoms with E-state index in [1.165, 1.54) is 6.07 Å². The average Bonchev–Trinajstić information content (AvgIpc) is 2.46. The van der Waals surface area contributed by atoms with Crippen molar-refractivity contribution in [2.45, 2.75) is 12.8 Å². The Morgan fingerprint density at radius 2 is 1.79 bits per heavy atom. The molecule has 3 heteroatoms. The molecule has 0 aliphatic heterocycles. The monoisotopic (exact) mass is 259 g/mol. The molecule has 0 aromatic heterocycles. The molecule has 1 atom stereocenters. The van der Waals surface area contributed by atoms with E-state index in [0.717, 1.165) is 17.0 Å². The predicted molar refractivity (Wildman–Crippen MR) is 76.3 cm³/mol. The molecule has 0 spiro atoms. The summed E-state index contributed by atoms with van der Waals surface area (Å²) < 4.78 is 18.7. The Kier molecular flexibility index (Phi) is 4.39. The van der Waals surface area contributed by atoms with Crippen molar-refractivity contribution in [3.63, 3.8) is 0 Å². The molecule has 0 unspecified atom stereocenters. The first-order chi connectivity index (χ1) is 9.20. The number of benzene rings is 2. The lowest BCUT2D eigenvalue weighted by atomic mass is 10.0. The van der Waals surface area contributed by atoms with E-state index in [4.69, 9.17) is 4.74 Å². The first-order valence-electron chi connectivity index (χ1n) is 6.33. The van der Waals surface area contributed by atoms with Gasteiger partial charge < -0.3 is 10.1 Å². The standard InChI is InChI=1S/C16H18FNO/c1-12(15-5-3-4-6-16(15)17)11-18-13-7-9-14(19-2)10-8-13/h3-10,12,18H,11H2,1-2H3/t12-/m1/s1. The van der Waals surface area contributed by atoms with Crippen molar-refractivity contribution < 1.29 is 9.13 Å². The van der Waals surface area contributed by atoms with E-state index in [0.29, 0.717) is 6.54 Å². The third kappa shape index (κ3) is 3.47. The zero-order valence-corrected chi connectivity index (χ0v) is 11.2. The van der Waals surface area contributed by atoms with E-state index in [2.05, 4.69) is 5.32 Å². The van der Waals surface area contributed by atoms with Gasteiger partial charge in [0.1, 0.15) is 11.6 Å². The van der Waals surface area contributed by atoms with Crippen LogP contribution in [0, 0.1) is 5.82 Å². The van der Waals surface area contributed by atoms with Gasteiger partial charge in [0, 0.05) is 18.2 Å². The number of halogens is 1. The number of hydrogen-bond donors (Lipinski definition) is 1. The highest BCUT2D eigenvalue weighted by Crippen LogP contribution is 2.20. The third-order valence-electron chi connectivity index (χ3n) is 3.14. The highest BCUT2D eigenvalue weighted by atomic mass is 19.1. The molecule has 2 aromatic carbocycles. The molecule has 0 aliphatic rings. The van der Waals surface area contributed by atoms with E-state index in [9.17, 15) is 4.39 Å². The molecule has 19 heavy (non-hydrogen) atoms. The molecule has 0 saturated carbocycles. The molecule has 0 radical (unpaired) electrons. The molecular weight excluding hydrogens is 241 g/mol. The molecule has 0 amide bonds. The second-order valence-electron chi connectivity index (χ2n) is 4.53. The number of methoxy groups -OCH3 is 1. The molecule has 2 rings (SSSR count). The SMILES string of the molecule is COc1ccc(NC[C@@H](C)c2ccccc2F)cc1. The van der Waals surface area contributed by atoms with Crippen LogP contribution in [0.2, 0.25) is 0 Å². The Morgan fingerprint density at radius 1 is 1.11 bits per heavy atom. The van der Waals surface area contributed by atoms with Crippen LogP contribution in [0.5, 0.6) is 5.75 Å². The van der Waals surface area contributed by atoms with Crippen LogP contribution in [0.4, 0.5) is 10.1 Å². The van der Waals surface area contributed by atoms with Crippen molar-refractivity contribution in [1.82, 2.24) is 0 Å². The fourth-order valence-corrected chi connectivity index (χ4v) is 1.96. The van der Waals surface area contributed by atoms with Gasteiger partial charge in [0.2, 0.25) is 0 Å². The Labute approximate surface area is 113 Å². The van der Waals surface area contributed by atoms with Gasteiger partial charge in [-0.2, -0.15) is 0 Å². The molecule has 0 heterocycles. The van der Waals surface area contributed by atoms with Crippen LogP contribution in [0.1, 0.15) is 18.4 Å². The summed E-state index contributed by atoms with van der Waals surface area (Å²) in [5.74, 6) is 0.794. The van der Waals surface area contributed by atoms with Gasteiger partial charge in [-0.25, -0.2) is 4.39 Å². The maximum atomic E-state index is 13.6. The van der Waals surface area contributed by atoms with Gasteiger partial charge in [-0.15, -0.1) is 0 Å². The lowest BCUT2D eigenvalue weighted by Gasteiger charge is -2.15. The van der Waals surface area contributed by atoms with Crippen LogP contribution in [-0.2, 0) is 0 Å². The minimum absolute atomic E-state index is 0.114. The van der Waals surface area contributed by atoms with E-state index >= 15 is 0 Å². The van der Waals surface area contributed by atoms with Crippen LogP contribution in [-0.4, -0.2) is 13.7 Å². The summed E-state index contributed by atoms with van der Waals surface area (Å²) in [5.41, 5.74) is 1.74. The van der Waals surface area contributed by atoms with Gasteiger partial charge in [-0.05, 0) is 35.9 Å². The van der Waals surface area contributed by atoms with E-state index < -0.39 is 0 Å². The number of ether oxygens (including phenoxy) is 1. The van der Waals surface area contributed by atoms with Gasteiger partial charge in [0.25, 0.3) is 0 Å². The normalized spacial score (nSPS) is 11.9. The number of rotatable bonds is 5. The van der Waals surface area contributed by atoms with Gasteiger partial charge in [0.15, 0.2) is 0 Å². The maximum Gasteiger partial charge on any atom is 0.126 e. The smallest absolute Gasteiger partial charge is 0.126 e. The Bertz CT molecular complexity index is 525. The third-order valence-corrected chi connectivity index (χ3v) is 3.14. The van der Waals surface area contributed by atoms with Gasteiger partial charge in [-0.3, -0.25) is 0 Å². The zero-order valence-electron chi connectivity index (χ0n) is 11.2. The predicted octanol–water partition coefficient (Wildman–Crippen LogP) is 4.05. The van der Waals surface area contributed by atoms with Crippen LogP contribution < -0.4 is 10.1 Å². The first kappa shape index (κ1) is 13.4. The van der Waals surface area contributed by atoms with E-state index in [1.54, 1.807) is 13.2 Å². The zero-order chi connectivity index (χ0) is 13.7. The van der Waals surface area contributed by atoms with Crippen LogP contribution >= 0.6 is 0 Å². The summed E-state index contributed by atoms with van der Waals surface area (Å²) in [6.45, 7) is 2.70. The molecule has 1 N–H and O–H groups in total. The molecule has 0 aliphatic carbocycles. The fraction of sp³-hybridized carbons (Fsp3) is 0.250. The lowest BCUT2D eigenvalue weighted by Crippen LogP contribution is -2.11. The first-order valence-corrected chi connectivity index (χ1v) is 6.33. The molecule has 0 fully saturated rings. The number of nitrogens with one attached hydrogen (secondary N) is 1. The molecule has 100 valence electrons. The summed E-state index contributed by atoms with van der Waals surface area (Å²) in [4.78, 5) is 0. The topological polar surface area (TPSA) is 21.3 Å². The van der Waals surface area contributed by atoms with Crippen LogP contribution in [0.3, 0.4) is 0 Å². The minimum atomic E-state index is -0.147. The van der Waals surface area contributed by atoms with E-state index in [-0.39, 0.29) is 11.7 Å². The van der Waals surface area contributed by atoms with Gasteiger partial charge >= 0.3 is 0 Å². The number of hydrogen-bond acceptors (Lipinski definition) is 2. The van der Waals surface area contributed by atoms with Crippen LogP contribution in [0.15, 0.2) is 48.5 Å². The molecule has 0 bridgehead atoms. The van der Waals surface area contributed by atoms with Gasteiger partial charge in [-0.1, -0.05) is 25.1 Å². The molecular formula is C16H18FNO. The van der Waals surface area contributed by atoms with Crippen molar-refractivity contribution in [3.8, 4) is 5.75 Å². The van der Waals surface area contributed by atoms with Gasteiger partial charge in [0.05, 0.1) is 7.11 Å². The Balaban J connectivity index is 1.96. The summed E-state index contributed by atoms with van der Waals surface area (Å²) in [5, 5.41) is 3.30. The largest absolute Gasteiger partial charge is 0.497 e. The number of anilines is 1. The van der Waals surface area contributed by atoms with Crippen molar-refractivity contribution >= 4 is 5.69 Å². The highest BCUT2D eigenvalue weighted by molar-refractivity contribution is 5.46. The lowest BCUT2D eigenvalue weighted by molar-refractivity contribution is 0.415. The maximum absolute atomic E-state index is 13.6. The van der Waals surface area contributed by atoms with E-state index in [1.807, 2.05) is 43.3 Å². The Morgan fingerprint density at radius 3 is 2.42 bits per heavy atom. The summed E-state index contributed by atoms with van der Waals surface area (Å²) in [7, 11) is 1.64. The second kappa shape index (κ2) is 6.23. The van der Waals surface area contributed by atoms with Crippen molar-refractivity contribution in [2.24, 2.45) is 0 Å².